The summed E-state index contributed by atoms with van der Waals surface area (Å²) in [5.41, 5.74) is 1.21. The van der Waals surface area contributed by atoms with E-state index in [4.69, 9.17) is 11.6 Å². The number of nitrogens with one attached hydrogen (secondary N) is 1. The van der Waals surface area contributed by atoms with E-state index < -0.39 is 0 Å². The SMILES string of the molecule is O=C(C1CC1c1cccc(Cl)c1)N1CCCNCC1. The first-order chi connectivity index (χ1) is 9.25. The van der Waals surface area contributed by atoms with Crippen molar-refractivity contribution in [1.82, 2.24) is 10.2 Å². The third kappa shape index (κ3) is 2.93. The molecule has 1 heterocycles. The molecule has 2 aliphatic rings. The van der Waals surface area contributed by atoms with Crippen LogP contribution in [0.5, 0.6) is 0 Å². The van der Waals surface area contributed by atoms with Gasteiger partial charge in [-0.15, -0.1) is 0 Å². The molecule has 0 bridgehead atoms. The second-order valence-corrected chi connectivity index (χ2v) is 5.87. The summed E-state index contributed by atoms with van der Waals surface area (Å²) in [5.74, 6) is 0.882. The van der Waals surface area contributed by atoms with Crippen molar-refractivity contribution in [3.63, 3.8) is 0 Å². The van der Waals surface area contributed by atoms with Crippen molar-refractivity contribution < 1.29 is 4.79 Å². The van der Waals surface area contributed by atoms with Crippen LogP contribution in [0.2, 0.25) is 5.02 Å². The predicted molar refractivity (Wildman–Crippen MR) is 76.4 cm³/mol. The molecule has 1 saturated carbocycles. The molecule has 1 aliphatic heterocycles. The van der Waals surface area contributed by atoms with E-state index in [0.29, 0.717) is 11.8 Å². The third-order valence-corrected chi connectivity index (χ3v) is 4.27. The maximum absolute atomic E-state index is 12.4. The summed E-state index contributed by atoms with van der Waals surface area (Å²) in [5, 5.41) is 4.09. The maximum atomic E-state index is 12.4. The first kappa shape index (κ1) is 12.9. The van der Waals surface area contributed by atoms with Gasteiger partial charge in [0.05, 0.1) is 0 Å². The van der Waals surface area contributed by atoms with Crippen molar-refractivity contribution in [2.75, 3.05) is 26.2 Å². The number of rotatable bonds is 2. The van der Waals surface area contributed by atoms with E-state index in [2.05, 4.69) is 11.4 Å². The van der Waals surface area contributed by atoms with Crippen LogP contribution >= 0.6 is 11.6 Å². The van der Waals surface area contributed by atoms with Crippen LogP contribution in [0.25, 0.3) is 0 Å². The highest BCUT2D eigenvalue weighted by Crippen LogP contribution is 2.48. The number of hydrogen-bond acceptors (Lipinski definition) is 2. The Hall–Kier alpha value is -1.06. The summed E-state index contributed by atoms with van der Waals surface area (Å²) < 4.78 is 0. The van der Waals surface area contributed by atoms with Gasteiger partial charge < -0.3 is 10.2 Å². The number of carbonyl (C=O) groups is 1. The van der Waals surface area contributed by atoms with Crippen LogP contribution in [0.4, 0.5) is 0 Å². The Morgan fingerprint density at radius 1 is 1.32 bits per heavy atom. The second-order valence-electron chi connectivity index (χ2n) is 5.43. The minimum atomic E-state index is 0.177. The van der Waals surface area contributed by atoms with Crippen LogP contribution < -0.4 is 5.32 Å². The van der Waals surface area contributed by atoms with Crippen molar-refractivity contribution in [3.05, 3.63) is 34.9 Å². The molecule has 1 amide bonds. The molecular formula is C15H19ClN2O. The molecule has 2 unspecified atom stereocenters. The molecule has 3 rings (SSSR count). The van der Waals surface area contributed by atoms with Crippen LogP contribution in [0.3, 0.4) is 0 Å². The predicted octanol–water partition coefficient (Wildman–Crippen LogP) is 2.27. The highest BCUT2D eigenvalue weighted by Gasteiger charge is 2.45. The molecule has 3 nitrogen and oxygen atoms in total. The summed E-state index contributed by atoms with van der Waals surface area (Å²) >= 11 is 6.01. The molecule has 1 saturated heterocycles. The Bertz CT molecular complexity index is 469. The molecule has 102 valence electrons. The van der Waals surface area contributed by atoms with Gasteiger partial charge in [-0.2, -0.15) is 0 Å². The largest absolute Gasteiger partial charge is 0.341 e. The van der Waals surface area contributed by atoms with Gasteiger partial charge in [-0.25, -0.2) is 0 Å². The Morgan fingerprint density at radius 2 is 2.21 bits per heavy atom. The molecule has 2 fully saturated rings. The van der Waals surface area contributed by atoms with Crippen LogP contribution in [0.15, 0.2) is 24.3 Å². The minimum Gasteiger partial charge on any atom is -0.341 e. The Kier molecular flexibility index (Phi) is 3.76. The molecule has 1 aromatic carbocycles. The lowest BCUT2D eigenvalue weighted by Crippen LogP contribution is -2.35. The van der Waals surface area contributed by atoms with Gasteiger partial charge in [0.25, 0.3) is 0 Å². The van der Waals surface area contributed by atoms with E-state index in [0.717, 1.165) is 44.0 Å². The van der Waals surface area contributed by atoms with Crippen molar-refractivity contribution in [2.45, 2.75) is 18.8 Å². The number of amides is 1. The van der Waals surface area contributed by atoms with E-state index in [1.54, 1.807) is 0 Å². The Morgan fingerprint density at radius 3 is 3.05 bits per heavy atom. The van der Waals surface area contributed by atoms with Crippen molar-refractivity contribution in [3.8, 4) is 0 Å². The van der Waals surface area contributed by atoms with Gasteiger partial charge in [-0.05, 0) is 43.0 Å². The van der Waals surface area contributed by atoms with Crippen LogP contribution in [-0.4, -0.2) is 37.0 Å². The normalized spacial score (nSPS) is 26.9. The zero-order valence-electron chi connectivity index (χ0n) is 10.9. The standard InChI is InChI=1S/C15H19ClN2O/c16-12-4-1-3-11(9-12)13-10-14(13)15(19)18-7-2-5-17-6-8-18/h1,3-4,9,13-14,17H,2,5-8,10H2. The molecule has 4 heteroatoms. The van der Waals surface area contributed by atoms with Crippen molar-refractivity contribution in [1.29, 1.82) is 0 Å². The molecule has 1 N–H and O–H groups in total. The molecule has 19 heavy (non-hydrogen) atoms. The Labute approximate surface area is 118 Å². The average Bonchev–Trinajstić information content (AvgIpc) is 3.22. The van der Waals surface area contributed by atoms with E-state index in [1.807, 2.05) is 23.1 Å². The number of benzene rings is 1. The molecule has 0 aromatic heterocycles. The molecule has 0 radical (unpaired) electrons. The maximum Gasteiger partial charge on any atom is 0.226 e. The van der Waals surface area contributed by atoms with E-state index in [-0.39, 0.29) is 5.92 Å². The van der Waals surface area contributed by atoms with E-state index >= 15 is 0 Å². The molecule has 1 aromatic rings. The zero-order chi connectivity index (χ0) is 13.2. The van der Waals surface area contributed by atoms with Gasteiger partial charge in [0, 0.05) is 30.6 Å². The first-order valence-corrected chi connectivity index (χ1v) is 7.38. The lowest BCUT2D eigenvalue weighted by Gasteiger charge is -2.20. The lowest BCUT2D eigenvalue weighted by molar-refractivity contribution is -0.132. The second kappa shape index (κ2) is 5.51. The minimum absolute atomic E-state index is 0.177. The third-order valence-electron chi connectivity index (χ3n) is 4.04. The van der Waals surface area contributed by atoms with Crippen LogP contribution in [0.1, 0.15) is 24.3 Å². The monoisotopic (exact) mass is 278 g/mol. The summed E-state index contributed by atoms with van der Waals surface area (Å²) in [7, 11) is 0. The summed E-state index contributed by atoms with van der Waals surface area (Å²) in [4.78, 5) is 14.5. The van der Waals surface area contributed by atoms with Gasteiger partial charge >= 0.3 is 0 Å². The summed E-state index contributed by atoms with van der Waals surface area (Å²) in [6, 6.07) is 7.91. The fourth-order valence-corrected chi connectivity index (χ4v) is 3.07. The summed E-state index contributed by atoms with van der Waals surface area (Å²) in [6.07, 6.45) is 2.03. The van der Waals surface area contributed by atoms with Gasteiger partial charge in [-0.1, -0.05) is 23.7 Å². The molecule has 2 atom stereocenters. The number of carbonyl (C=O) groups excluding carboxylic acids is 1. The van der Waals surface area contributed by atoms with E-state index in [1.165, 1.54) is 5.56 Å². The van der Waals surface area contributed by atoms with Crippen LogP contribution in [0, 0.1) is 5.92 Å². The van der Waals surface area contributed by atoms with E-state index in [9.17, 15) is 4.79 Å². The number of nitrogens with zero attached hydrogens (tertiary/aromatic N) is 1. The molecular weight excluding hydrogens is 260 g/mol. The summed E-state index contributed by atoms with van der Waals surface area (Å²) in [6.45, 7) is 3.68. The first-order valence-electron chi connectivity index (χ1n) is 7.00. The number of halogens is 1. The fraction of sp³-hybridized carbons (Fsp3) is 0.533. The van der Waals surface area contributed by atoms with Gasteiger partial charge in [-0.3, -0.25) is 4.79 Å². The fourth-order valence-electron chi connectivity index (χ4n) is 2.87. The molecule has 1 aliphatic carbocycles. The quantitative estimate of drug-likeness (QED) is 0.900. The number of hydrogen-bond donors (Lipinski definition) is 1. The van der Waals surface area contributed by atoms with Crippen molar-refractivity contribution in [2.24, 2.45) is 5.92 Å². The van der Waals surface area contributed by atoms with Gasteiger partial charge in [0.2, 0.25) is 5.91 Å². The lowest BCUT2D eigenvalue weighted by atomic mass is 10.1. The zero-order valence-corrected chi connectivity index (χ0v) is 11.7. The Balaban J connectivity index is 1.64. The van der Waals surface area contributed by atoms with Gasteiger partial charge in [0.1, 0.15) is 0 Å². The van der Waals surface area contributed by atoms with Gasteiger partial charge in [0.15, 0.2) is 0 Å². The van der Waals surface area contributed by atoms with Crippen LogP contribution in [-0.2, 0) is 4.79 Å². The highest BCUT2D eigenvalue weighted by molar-refractivity contribution is 6.30. The highest BCUT2D eigenvalue weighted by atomic mass is 35.5. The molecule has 0 spiro atoms. The topological polar surface area (TPSA) is 32.3 Å². The van der Waals surface area contributed by atoms with Crippen molar-refractivity contribution >= 4 is 17.5 Å². The average molecular weight is 279 g/mol. The smallest absolute Gasteiger partial charge is 0.226 e.